The van der Waals surface area contributed by atoms with Gasteiger partial charge in [-0.05, 0) is 82.5 Å². The molecule has 0 spiro atoms. The molecule has 0 unspecified atom stereocenters. The molecule has 0 amide bonds. The molecule has 0 aliphatic heterocycles. The van der Waals surface area contributed by atoms with Crippen LogP contribution in [0.1, 0.15) is 202 Å². The molecule has 276 valence electrons. The Labute approximate surface area is 296 Å². The molecule has 0 aromatic carbocycles. The van der Waals surface area contributed by atoms with Crippen LogP contribution in [0, 0.1) is 17.3 Å². The summed E-state index contributed by atoms with van der Waals surface area (Å²) in [4.78, 5) is 12.7. The van der Waals surface area contributed by atoms with Crippen LogP contribution >= 0.6 is 0 Å². The van der Waals surface area contributed by atoms with E-state index in [1.807, 2.05) is 13.8 Å². The highest BCUT2D eigenvalue weighted by atomic mass is 16.5. The molecule has 48 heavy (non-hydrogen) atoms. The largest absolute Gasteiger partial charge is 0.462 e. The molecule has 0 heterocycles. The fraction of sp³-hybridized carbons (Fsp3) is 0.841. The third kappa shape index (κ3) is 14.8. The number of hydrogen-bond acceptors (Lipinski definition) is 4. The van der Waals surface area contributed by atoms with Crippen LogP contribution < -0.4 is 0 Å². The Morgan fingerprint density at radius 2 is 1.54 bits per heavy atom. The molecule has 3 aliphatic carbocycles. The normalized spacial score (nSPS) is 26.9. The van der Waals surface area contributed by atoms with Crippen molar-refractivity contribution in [2.45, 2.75) is 219 Å². The van der Waals surface area contributed by atoms with Gasteiger partial charge in [0, 0.05) is 19.3 Å². The van der Waals surface area contributed by atoms with Crippen molar-refractivity contribution in [1.82, 2.24) is 0 Å². The number of carbonyl (C=O) groups is 1. The highest BCUT2D eigenvalue weighted by Gasteiger charge is 2.45. The molecule has 0 radical (unpaired) electrons. The van der Waals surface area contributed by atoms with Gasteiger partial charge in [0.05, 0.1) is 11.7 Å². The predicted molar refractivity (Wildman–Crippen MR) is 203 cm³/mol. The van der Waals surface area contributed by atoms with Gasteiger partial charge in [0.15, 0.2) is 0 Å². The minimum Gasteiger partial charge on any atom is -0.462 e. The number of ether oxygens (including phenoxy) is 1. The number of hydrogen-bond donors (Lipinski definition) is 2. The molecule has 0 aromatic rings. The first kappa shape index (κ1) is 41.0. The van der Waals surface area contributed by atoms with Crippen LogP contribution in [0.25, 0.3) is 0 Å². The van der Waals surface area contributed by atoms with Crippen molar-refractivity contribution in [3.05, 3.63) is 34.9 Å². The van der Waals surface area contributed by atoms with Crippen molar-refractivity contribution in [2.24, 2.45) is 17.3 Å². The molecule has 3 aliphatic rings. The zero-order chi connectivity index (χ0) is 34.8. The van der Waals surface area contributed by atoms with Crippen LogP contribution in [0.3, 0.4) is 0 Å². The Kier molecular flexibility index (Phi) is 18.6. The Bertz CT molecular complexity index is 1020. The Morgan fingerprint density at radius 1 is 0.938 bits per heavy atom. The molecule has 0 aromatic heterocycles. The highest BCUT2D eigenvalue weighted by Crippen LogP contribution is 2.57. The quantitative estimate of drug-likeness (QED) is 0.0646. The number of esters is 1. The van der Waals surface area contributed by atoms with E-state index in [4.69, 9.17) is 4.74 Å². The zero-order valence-electron chi connectivity index (χ0n) is 32.1. The Balaban J connectivity index is 1.33. The SMILES string of the molecule is CCCCCCCCCCCCCCCCCC(=O)O[C@@H]1C/C(=C\C=C2/CCC[C@]3(C)C([C@@H](C)CCCC(C)(C)O)=CC[C@@H]23)C[C@H](O)C1. The van der Waals surface area contributed by atoms with Gasteiger partial charge in [-0.2, -0.15) is 0 Å². The van der Waals surface area contributed by atoms with E-state index in [1.165, 1.54) is 102 Å². The van der Waals surface area contributed by atoms with Gasteiger partial charge >= 0.3 is 5.97 Å². The summed E-state index contributed by atoms with van der Waals surface area (Å²) in [5, 5.41) is 20.8. The topological polar surface area (TPSA) is 66.8 Å². The van der Waals surface area contributed by atoms with Crippen molar-refractivity contribution in [3.63, 3.8) is 0 Å². The van der Waals surface area contributed by atoms with Crippen LogP contribution in [0.2, 0.25) is 0 Å². The number of rotatable bonds is 23. The van der Waals surface area contributed by atoms with Gasteiger partial charge in [0.25, 0.3) is 0 Å². The number of allylic oxidation sites excluding steroid dienone is 5. The molecule has 3 rings (SSSR count). The smallest absolute Gasteiger partial charge is 0.306 e. The summed E-state index contributed by atoms with van der Waals surface area (Å²) >= 11 is 0. The average molecular weight is 669 g/mol. The molecule has 4 nitrogen and oxygen atoms in total. The molecule has 2 fully saturated rings. The van der Waals surface area contributed by atoms with Crippen LogP contribution in [0.5, 0.6) is 0 Å². The second-order valence-electron chi connectivity index (χ2n) is 17.0. The molecule has 4 heteroatoms. The van der Waals surface area contributed by atoms with Crippen LogP contribution in [-0.2, 0) is 9.53 Å². The van der Waals surface area contributed by atoms with E-state index in [2.05, 4.69) is 39.0 Å². The Hall–Kier alpha value is -1.39. The summed E-state index contributed by atoms with van der Waals surface area (Å²) in [5.74, 6) is 1.02. The number of carbonyl (C=O) groups excluding carboxylic acids is 1. The minimum absolute atomic E-state index is 0.0919. The van der Waals surface area contributed by atoms with Gasteiger partial charge in [0.1, 0.15) is 6.10 Å². The number of aliphatic hydroxyl groups is 2. The van der Waals surface area contributed by atoms with E-state index in [0.717, 1.165) is 51.4 Å². The molecule has 2 saturated carbocycles. The van der Waals surface area contributed by atoms with Crippen LogP contribution in [-0.4, -0.2) is 34.0 Å². The first-order valence-corrected chi connectivity index (χ1v) is 20.7. The molecular formula is C44H76O4. The highest BCUT2D eigenvalue weighted by molar-refractivity contribution is 5.69. The van der Waals surface area contributed by atoms with E-state index < -0.39 is 11.7 Å². The lowest BCUT2D eigenvalue weighted by Crippen LogP contribution is -2.32. The maximum atomic E-state index is 12.7. The van der Waals surface area contributed by atoms with Crippen molar-refractivity contribution >= 4 is 5.97 Å². The second kappa shape index (κ2) is 21.7. The lowest BCUT2D eigenvalue weighted by molar-refractivity contribution is -0.151. The summed E-state index contributed by atoms with van der Waals surface area (Å²) in [5.41, 5.74) is 4.04. The third-order valence-corrected chi connectivity index (χ3v) is 11.9. The van der Waals surface area contributed by atoms with E-state index >= 15 is 0 Å². The van der Waals surface area contributed by atoms with Gasteiger partial charge in [-0.1, -0.05) is 152 Å². The van der Waals surface area contributed by atoms with Crippen LogP contribution in [0.15, 0.2) is 34.9 Å². The van der Waals surface area contributed by atoms with Crippen molar-refractivity contribution in [3.8, 4) is 0 Å². The second-order valence-corrected chi connectivity index (χ2v) is 17.0. The maximum Gasteiger partial charge on any atom is 0.306 e. The first-order chi connectivity index (χ1) is 23.0. The number of unbranched alkanes of at least 4 members (excludes halogenated alkanes) is 14. The predicted octanol–water partition coefficient (Wildman–Crippen LogP) is 12.3. The number of fused-ring (bicyclic) bond motifs is 1. The van der Waals surface area contributed by atoms with Crippen molar-refractivity contribution in [2.75, 3.05) is 0 Å². The summed E-state index contributed by atoms with van der Waals surface area (Å²) in [6.07, 6.45) is 36.6. The molecular weight excluding hydrogens is 592 g/mol. The fourth-order valence-corrected chi connectivity index (χ4v) is 9.10. The Morgan fingerprint density at radius 3 is 2.15 bits per heavy atom. The monoisotopic (exact) mass is 669 g/mol. The molecule has 5 atom stereocenters. The van der Waals surface area contributed by atoms with Gasteiger partial charge in [-0.25, -0.2) is 0 Å². The van der Waals surface area contributed by atoms with Gasteiger partial charge in [-0.15, -0.1) is 0 Å². The lowest BCUT2D eigenvalue weighted by atomic mass is 9.62. The van der Waals surface area contributed by atoms with Gasteiger partial charge in [-0.3, -0.25) is 4.79 Å². The van der Waals surface area contributed by atoms with E-state index in [0.29, 0.717) is 31.1 Å². The first-order valence-electron chi connectivity index (χ1n) is 20.7. The van der Waals surface area contributed by atoms with E-state index in [-0.39, 0.29) is 17.5 Å². The third-order valence-electron chi connectivity index (χ3n) is 11.9. The van der Waals surface area contributed by atoms with E-state index in [1.54, 1.807) is 11.1 Å². The molecule has 0 bridgehead atoms. The summed E-state index contributed by atoms with van der Waals surface area (Å²) < 4.78 is 5.90. The standard InChI is InChI=1S/C44H76O4/c1-6-7-8-9-10-11-12-13-14-15-16-17-18-19-20-25-42(46)48-39-33-36(32-38(45)34-39)26-27-37-24-22-31-44(5)40(28-29-41(37)44)35(2)23-21-30-43(3,4)47/h26-28,35,38-39,41,45,47H,6-25,29-34H2,1-5H3/b36-26-,37-27+/t35-,38-,39+,41-,44+/m0/s1. The van der Waals surface area contributed by atoms with Gasteiger partial charge in [0.2, 0.25) is 0 Å². The van der Waals surface area contributed by atoms with E-state index in [9.17, 15) is 15.0 Å². The molecule has 0 saturated heterocycles. The van der Waals surface area contributed by atoms with Crippen molar-refractivity contribution < 1.29 is 19.7 Å². The van der Waals surface area contributed by atoms with Crippen LogP contribution in [0.4, 0.5) is 0 Å². The summed E-state index contributed by atoms with van der Waals surface area (Å²) in [7, 11) is 0. The van der Waals surface area contributed by atoms with Gasteiger partial charge < -0.3 is 14.9 Å². The summed E-state index contributed by atoms with van der Waals surface area (Å²) in [6.45, 7) is 11.0. The zero-order valence-corrected chi connectivity index (χ0v) is 32.1. The maximum absolute atomic E-state index is 12.7. The average Bonchev–Trinajstić information content (AvgIpc) is 3.38. The number of aliphatic hydroxyl groups excluding tert-OH is 1. The van der Waals surface area contributed by atoms with Crippen molar-refractivity contribution in [1.29, 1.82) is 0 Å². The lowest BCUT2D eigenvalue weighted by Gasteiger charge is -2.42. The molecule has 2 N–H and O–H groups in total. The minimum atomic E-state index is -0.583. The summed E-state index contributed by atoms with van der Waals surface area (Å²) in [6, 6.07) is 0. The fourth-order valence-electron chi connectivity index (χ4n) is 9.10.